The van der Waals surface area contributed by atoms with Crippen LogP contribution in [0, 0.1) is 0 Å². The number of imidazole rings is 1. The molecule has 0 saturated carbocycles. The molecule has 0 saturated heterocycles. The molecule has 0 radical (unpaired) electrons. The van der Waals surface area contributed by atoms with Gasteiger partial charge in [0.25, 0.3) is 0 Å². The monoisotopic (exact) mass is 586 g/mol. The fourth-order valence-electron chi connectivity index (χ4n) is 6.18. The van der Waals surface area contributed by atoms with Crippen LogP contribution in [0.25, 0.3) is 56.6 Å². The maximum atomic E-state index is 5.11. The fourth-order valence-corrected chi connectivity index (χ4v) is 6.18. The molecule has 1 atom stereocenters. The number of allylic oxidation sites excluding steroid dienone is 2. The zero-order valence-electron chi connectivity index (χ0n) is 25.7. The number of pyridine rings is 3. The number of aromatic nitrogens is 4. The number of hydrogen-bond acceptors (Lipinski definition) is 5. The van der Waals surface area contributed by atoms with Crippen LogP contribution in [0.15, 0.2) is 107 Å². The Morgan fingerprint density at radius 2 is 1.80 bits per heavy atom. The molecular formula is C39H34N6. The minimum atomic E-state index is 0.0481. The number of hydrogen-bond donors (Lipinski definition) is 0. The highest BCUT2D eigenvalue weighted by molar-refractivity contribution is 6.00. The summed E-state index contributed by atoms with van der Waals surface area (Å²) < 4.78 is 2.29. The molecule has 0 N–H and O–H groups in total. The summed E-state index contributed by atoms with van der Waals surface area (Å²) in [7, 11) is 0. The van der Waals surface area contributed by atoms with E-state index in [0.717, 1.165) is 78.5 Å². The maximum absolute atomic E-state index is 5.11. The van der Waals surface area contributed by atoms with Crippen LogP contribution >= 0.6 is 0 Å². The highest BCUT2D eigenvalue weighted by atomic mass is 15.0. The molecule has 4 aromatic heterocycles. The van der Waals surface area contributed by atoms with Crippen molar-refractivity contribution in [1.82, 2.24) is 19.4 Å². The first-order valence-electron chi connectivity index (χ1n) is 15.4. The van der Waals surface area contributed by atoms with E-state index in [0.29, 0.717) is 6.42 Å². The Morgan fingerprint density at radius 1 is 0.911 bits per heavy atom. The summed E-state index contributed by atoms with van der Waals surface area (Å²) >= 11 is 0. The molecular weight excluding hydrogens is 552 g/mol. The zero-order chi connectivity index (χ0) is 30.8. The van der Waals surface area contributed by atoms with Crippen molar-refractivity contribution >= 4 is 57.7 Å². The van der Waals surface area contributed by atoms with Gasteiger partial charge in [-0.2, -0.15) is 0 Å². The second-order valence-corrected chi connectivity index (χ2v) is 11.0. The quantitative estimate of drug-likeness (QED) is 0.191. The summed E-state index contributed by atoms with van der Waals surface area (Å²) in [5.41, 5.74) is 8.72. The number of rotatable bonds is 6. The molecule has 0 amide bonds. The largest absolute Gasteiger partial charge is 0.292 e. The van der Waals surface area contributed by atoms with Gasteiger partial charge in [-0.25, -0.2) is 4.98 Å². The number of dihydropyridines is 1. The van der Waals surface area contributed by atoms with E-state index in [1.165, 1.54) is 0 Å². The minimum absolute atomic E-state index is 0.0481. The first-order valence-corrected chi connectivity index (χ1v) is 15.4. The molecule has 220 valence electrons. The van der Waals surface area contributed by atoms with Gasteiger partial charge in [0, 0.05) is 40.7 Å². The number of benzene rings is 2. The lowest BCUT2D eigenvalue weighted by molar-refractivity contribution is 0.714. The van der Waals surface area contributed by atoms with Gasteiger partial charge in [-0.15, -0.1) is 0 Å². The van der Waals surface area contributed by atoms with Gasteiger partial charge in [0.2, 0.25) is 0 Å². The highest BCUT2D eigenvalue weighted by Crippen LogP contribution is 2.28. The molecule has 5 heterocycles. The van der Waals surface area contributed by atoms with Crippen LogP contribution in [-0.2, 0) is 6.42 Å². The van der Waals surface area contributed by atoms with Crippen LogP contribution in [0.2, 0.25) is 0 Å². The van der Waals surface area contributed by atoms with Crippen LogP contribution in [0.1, 0.15) is 50.3 Å². The van der Waals surface area contributed by atoms with Crippen molar-refractivity contribution in [2.24, 2.45) is 9.98 Å². The molecule has 6 nitrogen and oxygen atoms in total. The van der Waals surface area contributed by atoms with E-state index in [1.54, 1.807) is 6.21 Å². The topological polar surface area (TPSA) is 67.8 Å². The van der Waals surface area contributed by atoms with E-state index in [1.807, 2.05) is 44.3 Å². The van der Waals surface area contributed by atoms with Crippen molar-refractivity contribution in [3.05, 3.63) is 125 Å². The molecule has 0 aliphatic carbocycles. The first kappa shape index (κ1) is 28.3. The molecule has 7 rings (SSSR count). The van der Waals surface area contributed by atoms with Crippen molar-refractivity contribution in [2.75, 3.05) is 0 Å². The summed E-state index contributed by atoms with van der Waals surface area (Å²) in [4.78, 5) is 24.3. The number of fused-ring (bicyclic) bond motifs is 5. The summed E-state index contributed by atoms with van der Waals surface area (Å²) in [6, 6.07) is 27.4. The Kier molecular flexibility index (Phi) is 7.70. The van der Waals surface area contributed by atoms with Gasteiger partial charge < -0.3 is 0 Å². The molecule has 0 bridgehead atoms. The Labute approximate surface area is 262 Å². The van der Waals surface area contributed by atoms with E-state index >= 15 is 0 Å². The van der Waals surface area contributed by atoms with E-state index < -0.39 is 0 Å². The Morgan fingerprint density at radius 3 is 2.62 bits per heavy atom. The van der Waals surface area contributed by atoms with Crippen LogP contribution < -0.4 is 10.6 Å². The van der Waals surface area contributed by atoms with Gasteiger partial charge in [0.15, 0.2) is 0 Å². The molecule has 0 fully saturated rings. The van der Waals surface area contributed by atoms with Gasteiger partial charge in [-0.05, 0) is 87.2 Å². The average molecular weight is 587 g/mol. The predicted octanol–water partition coefficient (Wildman–Crippen LogP) is 7.44. The lowest BCUT2D eigenvalue weighted by Crippen LogP contribution is -2.32. The fraction of sp³-hybridized carbons (Fsp3) is 0.154. The minimum Gasteiger partial charge on any atom is -0.292 e. The molecule has 45 heavy (non-hydrogen) atoms. The molecule has 6 heteroatoms. The predicted molar refractivity (Wildman–Crippen MR) is 188 cm³/mol. The van der Waals surface area contributed by atoms with E-state index in [4.69, 9.17) is 15.0 Å². The Bertz CT molecular complexity index is 2320. The van der Waals surface area contributed by atoms with Gasteiger partial charge in [0.05, 0.1) is 45.2 Å². The number of para-hydroxylation sites is 2. The molecule has 2 aromatic carbocycles. The second kappa shape index (κ2) is 12.2. The summed E-state index contributed by atoms with van der Waals surface area (Å²) in [5.74, 6) is 0. The van der Waals surface area contributed by atoms with Crippen molar-refractivity contribution in [3.8, 4) is 11.3 Å². The average Bonchev–Trinajstić information content (AvgIpc) is 3.49. The Hall–Kier alpha value is -5.49. The summed E-state index contributed by atoms with van der Waals surface area (Å²) in [6.45, 7) is 6.01. The van der Waals surface area contributed by atoms with Crippen molar-refractivity contribution in [3.63, 3.8) is 0 Å². The van der Waals surface area contributed by atoms with Crippen molar-refractivity contribution < 1.29 is 0 Å². The molecule has 1 aliphatic rings. The first-order chi connectivity index (χ1) is 22.2. The molecule has 0 spiro atoms. The third-order valence-corrected chi connectivity index (χ3v) is 8.28. The molecule has 1 aliphatic heterocycles. The lowest BCUT2D eigenvalue weighted by atomic mass is 10.0. The van der Waals surface area contributed by atoms with Crippen LogP contribution in [0.5, 0.6) is 0 Å². The maximum Gasteiger partial charge on any atom is 0.146 e. The zero-order valence-corrected chi connectivity index (χ0v) is 25.7. The van der Waals surface area contributed by atoms with Gasteiger partial charge >= 0.3 is 0 Å². The number of nitrogens with zero attached hydrogens (tertiary/aromatic N) is 6. The summed E-state index contributed by atoms with van der Waals surface area (Å²) in [5, 5.41) is 4.48. The smallest absolute Gasteiger partial charge is 0.146 e. The van der Waals surface area contributed by atoms with Crippen LogP contribution in [0.3, 0.4) is 0 Å². The van der Waals surface area contributed by atoms with Crippen LogP contribution in [-0.4, -0.2) is 31.8 Å². The highest BCUT2D eigenvalue weighted by Gasteiger charge is 2.15. The van der Waals surface area contributed by atoms with Gasteiger partial charge in [0.1, 0.15) is 5.65 Å². The normalized spacial score (nSPS) is 16.2. The van der Waals surface area contributed by atoms with E-state index in [-0.39, 0.29) is 6.04 Å². The lowest BCUT2D eigenvalue weighted by Gasteiger charge is -2.13. The van der Waals surface area contributed by atoms with E-state index in [2.05, 4.69) is 106 Å². The second-order valence-electron chi connectivity index (χ2n) is 11.0. The SMILES string of the molecule is C/C=N\C(=C/C)c1cccc(C/C=c2\c(=C/C)n3c4ccccc4nc3c3ccc(-c4cccc(C5CC=CC=N5)n4)cc23)n1. The third-order valence-electron chi connectivity index (χ3n) is 8.28. The van der Waals surface area contributed by atoms with E-state index in [9.17, 15) is 0 Å². The number of aliphatic imine (C=N–C) groups is 2. The third kappa shape index (κ3) is 5.29. The van der Waals surface area contributed by atoms with Crippen LogP contribution in [0.4, 0.5) is 0 Å². The Balaban J connectivity index is 1.44. The summed E-state index contributed by atoms with van der Waals surface area (Å²) in [6.07, 6.45) is 15.8. The standard InChI is InChI=1S/C39H34N6/c1-4-31(40-6-3)34-17-11-13-27(42-34)21-23-28-30-25-26(32-16-12-18-35(43-32)33-14-9-10-24-41-33)20-22-29(30)39-44-36-15-7-8-19-38(36)45(39)37(28)5-2/h4-13,15-20,22-25,33H,14,21H2,1-3H3/b28-23-,31-4-,37-5+,40-6-. The van der Waals surface area contributed by atoms with Gasteiger partial charge in [-0.1, -0.05) is 54.6 Å². The van der Waals surface area contributed by atoms with Gasteiger partial charge in [-0.3, -0.25) is 24.4 Å². The molecule has 6 aromatic rings. The van der Waals surface area contributed by atoms with Crippen molar-refractivity contribution in [1.29, 1.82) is 0 Å². The van der Waals surface area contributed by atoms with Crippen molar-refractivity contribution in [2.45, 2.75) is 39.7 Å². The molecule has 1 unspecified atom stereocenters.